The molecule has 1 aliphatic rings. The largest absolute Gasteiger partial charge is 0.472 e. The summed E-state index contributed by atoms with van der Waals surface area (Å²) >= 11 is 0. The van der Waals surface area contributed by atoms with Crippen molar-refractivity contribution in [2.45, 2.75) is 17.2 Å². The minimum atomic E-state index is -4.63. The number of sulfonamides is 1. The predicted octanol–water partition coefficient (Wildman–Crippen LogP) is 2.83. The van der Waals surface area contributed by atoms with E-state index in [1.807, 2.05) is 0 Å². The molecule has 1 aliphatic heterocycles. The lowest BCUT2D eigenvalue weighted by atomic mass is 10.2. The van der Waals surface area contributed by atoms with Crippen LogP contribution in [0.25, 0.3) is 0 Å². The average Bonchev–Trinajstić information content (AvgIpc) is 2.49. The summed E-state index contributed by atoms with van der Waals surface area (Å²) in [7, 11) is -4.20. The van der Waals surface area contributed by atoms with Crippen molar-refractivity contribution in [1.29, 1.82) is 0 Å². The van der Waals surface area contributed by atoms with Crippen LogP contribution in [-0.4, -0.2) is 36.9 Å². The van der Waals surface area contributed by atoms with E-state index in [1.54, 1.807) is 0 Å². The van der Waals surface area contributed by atoms with Crippen LogP contribution in [0.15, 0.2) is 41.3 Å². The van der Waals surface area contributed by atoms with E-state index in [9.17, 15) is 30.4 Å². The monoisotopic (exact) mass is 394 g/mol. The fourth-order valence-corrected chi connectivity index (χ4v) is 3.85. The molecule has 3 rings (SSSR count). The van der Waals surface area contributed by atoms with Crippen molar-refractivity contribution in [3.63, 3.8) is 0 Å². The van der Waals surface area contributed by atoms with Crippen LogP contribution in [0.1, 0.15) is 5.69 Å². The molecule has 0 N–H and O–H groups in total. The fourth-order valence-electron chi connectivity index (χ4n) is 2.30. The number of nitrogens with zero attached hydrogens (tertiary/aromatic N) is 2. The second-order valence-electron chi connectivity index (χ2n) is 5.50. The third-order valence-electron chi connectivity index (χ3n) is 3.63. The molecular formula is C15H11F5N2O3S. The number of alkyl halides is 3. The highest BCUT2D eigenvalue weighted by atomic mass is 32.2. The van der Waals surface area contributed by atoms with E-state index in [1.165, 1.54) is 6.07 Å². The van der Waals surface area contributed by atoms with E-state index in [0.717, 1.165) is 28.6 Å². The number of hydrogen-bond donors (Lipinski definition) is 0. The SMILES string of the molecule is O=S(=O)(c1ccc(F)cc1F)N1CC(Oc2cccc(C(F)(F)F)n2)C1. The topological polar surface area (TPSA) is 59.5 Å². The van der Waals surface area contributed by atoms with Gasteiger partial charge in [-0.3, -0.25) is 0 Å². The van der Waals surface area contributed by atoms with Gasteiger partial charge in [-0.1, -0.05) is 6.07 Å². The Morgan fingerprint density at radius 2 is 1.81 bits per heavy atom. The molecule has 0 saturated carbocycles. The molecule has 1 aromatic heterocycles. The number of ether oxygens (including phenoxy) is 1. The Labute approximate surface area is 145 Å². The van der Waals surface area contributed by atoms with Crippen LogP contribution in [0, 0.1) is 11.6 Å². The molecule has 2 aromatic rings. The lowest BCUT2D eigenvalue weighted by molar-refractivity contribution is -0.141. The van der Waals surface area contributed by atoms with Crippen molar-refractivity contribution in [3.8, 4) is 5.88 Å². The van der Waals surface area contributed by atoms with Gasteiger partial charge in [0.25, 0.3) is 0 Å². The summed E-state index contributed by atoms with van der Waals surface area (Å²) < 4.78 is 95.0. The molecule has 26 heavy (non-hydrogen) atoms. The van der Waals surface area contributed by atoms with Crippen LogP contribution in [0.4, 0.5) is 22.0 Å². The number of hydrogen-bond acceptors (Lipinski definition) is 4. The Balaban J connectivity index is 1.67. The van der Waals surface area contributed by atoms with E-state index < -0.39 is 44.5 Å². The van der Waals surface area contributed by atoms with Crippen molar-refractivity contribution < 1.29 is 35.1 Å². The molecule has 1 aromatic carbocycles. The second kappa shape index (κ2) is 6.47. The molecule has 0 aliphatic carbocycles. The first-order chi connectivity index (χ1) is 12.1. The lowest BCUT2D eigenvalue weighted by Gasteiger charge is -2.37. The predicted molar refractivity (Wildman–Crippen MR) is 78.8 cm³/mol. The summed E-state index contributed by atoms with van der Waals surface area (Å²) in [6.07, 6.45) is -5.36. The molecule has 0 atom stereocenters. The Bertz CT molecular complexity index is 927. The summed E-state index contributed by atoms with van der Waals surface area (Å²) in [6, 6.07) is 5.19. The molecule has 0 amide bonds. The highest BCUT2D eigenvalue weighted by molar-refractivity contribution is 7.89. The Hall–Kier alpha value is -2.27. The van der Waals surface area contributed by atoms with Crippen molar-refractivity contribution in [3.05, 3.63) is 53.7 Å². The summed E-state index contributed by atoms with van der Waals surface area (Å²) in [5, 5.41) is 0. The zero-order chi connectivity index (χ0) is 19.1. The molecular weight excluding hydrogens is 383 g/mol. The molecule has 11 heteroatoms. The second-order valence-corrected chi connectivity index (χ2v) is 7.40. The molecule has 5 nitrogen and oxygen atoms in total. The minimum absolute atomic E-state index is 0.197. The summed E-state index contributed by atoms with van der Waals surface area (Å²) in [5.74, 6) is -2.44. The maximum Gasteiger partial charge on any atom is 0.433 e. The van der Waals surface area contributed by atoms with E-state index in [2.05, 4.69) is 4.98 Å². The van der Waals surface area contributed by atoms with Crippen LogP contribution < -0.4 is 4.74 Å². The minimum Gasteiger partial charge on any atom is -0.472 e. The van der Waals surface area contributed by atoms with Crippen LogP contribution in [-0.2, 0) is 16.2 Å². The zero-order valence-corrected chi connectivity index (χ0v) is 13.7. The van der Waals surface area contributed by atoms with Gasteiger partial charge in [0.2, 0.25) is 15.9 Å². The van der Waals surface area contributed by atoms with E-state index in [0.29, 0.717) is 6.07 Å². The molecule has 1 fully saturated rings. The van der Waals surface area contributed by atoms with Gasteiger partial charge in [0, 0.05) is 12.1 Å². The first kappa shape index (κ1) is 18.5. The smallest absolute Gasteiger partial charge is 0.433 e. The molecule has 0 spiro atoms. The molecule has 0 radical (unpaired) electrons. The van der Waals surface area contributed by atoms with Crippen LogP contribution >= 0.6 is 0 Å². The maximum absolute atomic E-state index is 13.7. The number of rotatable bonds is 4. The average molecular weight is 394 g/mol. The Morgan fingerprint density at radius 1 is 1.12 bits per heavy atom. The van der Waals surface area contributed by atoms with Crippen molar-refractivity contribution in [2.24, 2.45) is 0 Å². The van der Waals surface area contributed by atoms with Gasteiger partial charge >= 0.3 is 6.18 Å². The number of pyridine rings is 1. The molecule has 1 saturated heterocycles. The van der Waals surface area contributed by atoms with E-state index in [-0.39, 0.29) is 19.0 Å². The van der Waals surface area contributed by atoms with Gasteiger partial charge in [0.05, 0.1) is 13.1 Å². The third kappa shape index (κ3) is 3.63. The van der Waals surface area contributed by atoms with Gasteiger partial charge < -0.3 is 4.74 Å². The molecule has 2 heterocycles. The summed E-state index contributed by atoms with van der Waals surface area (Å²) in [6.45, 7) is -0.395. The van der Waals surface area contributed by atoms with Gasteiger partial charge in [-0.05, 0) is 18.2 Å². The summed E-state index contributed by atoms with van der Waals surface area (Å²) in [5.41, 5.74) is -1.13. The Kier molecular flexibility index (Phi) is 4.61. The van der Waals surface area contributed by atoms with Crippen LogP contribution in [0.2, 0.25) is 0 Å². The van der Waals surface area contributed by atoms with Gasteiger partial charge in [-0.25, -0.2) is 22.2 Å². The highest BCUT2D eigenvalue weighted by Crippen LogP contribution is 2.30. The van der Waals surface area contributed by atoms with Crippen LogP contribution in [0.5, 0.6) is 5.88 Å². The maximum atomic E-state index is 13.7. The van der Waals surface area contributed by atoms with Gasteiger partial charge in [0.15, 0.2) is 0 Å². The van der Waals surface area contributed by atoms with Crippen molar-refractivity contribution in [2.75, 3.05) is 13.1 Å². The van der Waals surface area contributed by atoms with Gasteiger partial charge in [0.1, 0.15) is 28.3 Å². The van der Waals surface area contributed by atoms with Crippen molar-refractivity contribution in [1.82, 2.24) is 9.29 Å². The zero-order valence-electron chi connectivity index (χ0n) is 12.9. The third-order valence-corrected chi connectivity index (χ3v) is 5.49. The first-order valence-corrected chi connectivity index (χ1v) is 8.67. The van der Waals surface area contributed by atoms with E-state index in [4.69, 9.17) is 4.74 Å². The molecule has 0 unspecified atom stereocenters. The highest BCUT2D eigenvalue weighted by Gasteiger charge is 2.40. The van der Waals surface area contributed by atoms with Gasteiger partial charge in [-0.15, -0.1) is 0 Å². The van der Waals surface area contributed by atoms with Crippen molar-refractivity contribution >= 4 is 10.0 Å². The van der Waals surface area contributed by atoms with Gasteiger partial charge in [-0.2, -0.15) is 17.5 Å². The first-order valence-electron chi connectivity index (χ1n) is 7.23. The summed E-state index contributed by atoms with van der Waals surface area (Å²) in [4.78, 5) is 2.63. The number of benzene rings is 1. The Morgan fingerprint density at radius 3 is 2.42 bits per heavy atom. The molecule has 140 valence electrons. The molecule has 0 bridgehead atoms. The van der Waals surface area contributed by atoms with E-state index >= 15 is 0 Å². The quantitative estimate of drug-likeness (QED) is 0.749. The van der Waals surface area contributed by atoms with Crippen LogP contribution in [0.3, 0.4) is 0 Å². The fraction of sp³-hybridized carbons (Fsp3) is 0.267. The number of aromatic nitrogens is 1. The standard InChI is InChI=1S/C15H11F5N2O3S/c16-9-4-5-12(11(17)6-9)26(23,24)22-7-10(8-22)25-14-3-1-2-13(21-14)15(18,19)20/h1-6,10H,7-8H2. The normalized spacial score (nSPS) is 16.3. The lowest BCUT2D eigenvalue weighted by Crippen LogP contribution is -2.56. The number of halogens is 5.